The first-order chi connectivity index (χ1) is 13.1. The van der Waals surface area contributed by atoms with Crippen molar-refractivity contribution in [3.8, 4) is 0 Å². The van der Waals surface area contributed by atoms with Gasteiger partial charge in [-0.3, -0.25) is 0 Å². The fourth-order valence-electron chi connectivity index (χ4n) is 3.74. The summed E-state index contributed by atoms with van der Waals surface area (Å²) in [7, 11) is 2.08. The Hall–Kier alpha value is -2.84. The minimum atomic E-state index is -0.380. The average molecular weight is 364 g/mol. The van der Waals surface area contributed by atoms with Crippen molar-refractivity contribution in [1.82, 2.24) is 9.47 Å². The summed E-state index contributed by atoms with van der Waals surface area (Å²) in [6, 6.07) is 7.45. The Morgan fingerprint density at radius 1 is 1.26 bits per heavy atom. The van der Waals surface area contributed by atoms with Gasteiger partial charge in [0.15, 0.2) is 5.83 Å². The zero-order valence-corrected chi connectivity index (χ0v) is 15.5. The number of carbonyl (C=O) groups excluding carboxylic acids is 1. The number of allylic oxidation sites excluding steroid dienone is 1. The molecule has 0 spiro atoms. The number of fused-ring (bicyclic) bond motifs is 3. The molecule has 1 aliphatic carbocycles. The van der Waals surface area contributed by atoms with E-state index in [0.29, 0.717) is 18.7 Å². The Balaban J connectivity index is 1.74. The number of esters is 1. The van der Waals surface area contributed by atoms with Crippen LogP contribution in [0.15, 0.2) is 35.8 Å². The molecule has 0 bridgehead atoms. The summed E-state index contributed by atoms with van der Waals surface area (Å²) in [4.78, 5) is 14.1. The van der Waals surface area contributed by atoms with Crippen LogP contribution < -0.4 is 10.6 Å². The number of halogens is 1. The number of ether oxygens (including phenoxy) is 1. The molecular formula is C22H21FN2O2. The van der Waals surface area contributed by atoms with Gasteiger partial charge in [0, 0.05) is 37.0 Å². The molecule has 5 heteroatoms. The van der Waals surface area contributed by atoms with Crippen LogP contribution >= 0.6 is 0 Å². The van der Waals surface area contributed by atoms with E-state index in [-0.39, 0.29) is 11.8 Å². The molecule has 0 N–H and O–H groups in total. The van der Waals surface area contributed by atoms with Crippen LogP contribution in [0.1, 0.15) is 34.1 Å². The van der Waals surface area contributed by atoms with Crippen LogP contribution in [0.3, 0.4) is 0 Å². The first-order valence-corrected chi connectivity index (χ1v) is 9.15. The average Bonchev–Trinajstić information content (AvgIpc) is 2.95. The number of hydrogen-bond acceptors (Lipinski definition) is 3. The normalized spacial score (nSPS) is 15.3. The van der Waals surface area contributed by atoms with Crippen molar-refractivity contribution in [2.45, 2.75) is 26.4 Å². The van der Waals surface area contributed by atoms with Gasteiger partial charge in [-0.1, -0.05) is 12.1 Å². The van der Waals surface area contributed by atoms with Crippen molar-refractivity contribution in [2.24, 2.45) is 0 Å². The number of carbonyl (C=O) groups is 1. The van der Waals surface area contributed by atoms with E-state index in [0.717, 1.165) is 35.6 Å². The lowest BCUT2D eigenvalue weighted by Crippen LogP contribution is -2.32. The second-order valence-electron chi connectivity index (χ2n) is 6.92. The molecule has 2 heterocycles. The maximum absolute atomic E-state index is 13.8. The lowest BCUT2D eigenvalue weighted by atomic mass is 10.1. The lowest BCUT2D eigenvalue weighted by Gasteiger charge is -2.24. The molecule has 0 fully saturated rings. The molecule has 0 amide bonds. The van der Waals surface area contributed by atoms with E-state index < -0.39 is 0 Å². The van der Waals surface area contributed by atoms with E-state index in [1.807, 2.05) is 12.1 Å². The fourth-order valence-corrected chi connectivity index (χ4v) is 3.74. The molecule has 1 aromatic heterocycles. The van der Waals surface area contributed by atoms with E-state index in [1.54, 1.807) is 25.1 Å². The van der Waals surface area contributed by atoms with E-state index in [1.165, 1.54) is 11.3 Å². The molecule has 1 aromatic carbocycles. The Bertz CT molecular complexity index is 1100. The van der Waals surface area contributed by atoms with Crippen molar-refractivity contribution in [3.63, 3.8) is 0 Å². The third kappa shape index (κ3) is 3.29. The van der Waals surface area contributed by atoms with Gasteiger partial charge >= 0.3 is 5.97 Å². The number of likely N-dealkylation sites (N-methyl/N-ethyl adjacent to an activating group) is 1. The van der Waals surface area contributed by atoms with Crippen molar-refractivity contribution in [3.05, 3.63) is 68.8 Å². The SMILES string of the molecule is CCOC(=O)c1ccc(Cn2c3c(c4c2=C=C=C(F)C=4)CN(C)CC3)cc1. The van der Waals surface area contributed by atoms with Gasteiger partial charge in [-0.2, -0.15) is 4.39 Å². The van der Waals surface area contributed by atoms with Crippen LogP contribution in [0.5, 0.6) is 0 Å². The van der Waals surface area contributed by atoms with Crippen LogP contribution in [0.2, 0.25) is 0 Å². The largest absolute Gasteiger partial charge is 0.462 e. The molecule has 138 valence electrons. The minimum absolute atomic E-state index is 0.311. The number of benzene rings is 1. The van der Waals surface area contributed by atoms with Gasteiger partial charge < -0.3 is 14.2 Å². The molecule has 0 saturated carbocycles. The second kappa shape index (κ2) is 7.05. The van der Waals surface area contributed by atoms with Crippen molar-refractivity contribution < 1.29 is 13.9 Å². The van der Waals surface area contributed by atoms with Gasteiger partial charge in [0.1, 0.15) is 5.35 Å². The number of rotatable bonds is 4. The minimum Gasteiger partial charge on any atom is -0.462 e. The van der Waals surface area contributed by atoms with Crippen molar-refractivity contribution >= 4 is 17.8 Å². The van der Waals surface area contributed by atoms with Gasteiger partial charge in [-0.05, 0) is 54.8 Å². The molecule has 0 unspecified atom stereocenters. The molecule has 0 atom stereocenters. The van der Waals surface area contributed by atoms with Crippen LogP contribution in [-0.4, -0.2) is 35.6 Å². The van der Waals surface area contributed by atoms with Crippen molar-refractivity contribution in [1.29, 1.82) is 0 Å². The summed E-state index contributed by atoms with van der Waals surface area (Å²) >= 11 is 0. The van der Waals surface area contributed by atoms with Gasteiger partial charge in [0.2, 0.25) is 0 Å². The Morgan fingerprint density at radius 3 is 2.78 bits per heavy atom. The molecular weight excluding hydrogens is 343 g/mol. The molecule has 0 radical (unpaired) electrons. The number of hydrogen-bond donors (Lipinski definition) is 0. The van der Waals surface area contributed by atoms with E-state index in [2.05, 4.69) is 28.0 Å². The van der Waals surface area contributed by atoms with Crippen molar-refractivity contribution in [2.75, 3.05) is 20.2 Å². The summed E-state index contributed by atoms with van der Waals surface area (Å²) in [6.45, 7) is 4.57. The summed E-state index contributed by atoms with van der Waals surface area (Å²) < 4.78 is 21.0. The predicted octanol–water partition coefficient (Wildman–Crippen LogP) is 1.88. The fraction of sp³-hybridized carbons (Fsp3) is 0.318. The lowest BCUT2D eigenvalue weighted by molar-refractivity contribution is 0.0526. The third-order valence-electron chi connectivity index (χ3n) is 5.06. The molecule has 27 heavy (non-hydrogen) atoms. The Morgan fingerprint density at radius 2 is 2.04 bits per heavy atom. The summed E-state index contributed by atoms with van der Waals surface area (Å²) in [6.07, 6.45) is 2.47. The summed E-state index contributed by atoms with van der Waals surface area (Å²) in [5, 5.41) is 1.79. The van der Waals surface area contributed by atoms with Gasteiger partial charge in [0.05, 0.1) is 12.2 Å². The standard InChI is InChI=1S/C22H21FN2O2/c1-3-27-22(26)16-6-4-15(5-7-16)13-25-20-9-8-17(23)12-18(20)19-14-24(2)11-10-21(19)25/h4-7,12H,3,10-11,13-14H2,1-2H3. The molecule has 2 aliphatic rings. The van der Waals surface area contributed by atoms with E-state index >= 15 is 0 Å². The van der Waals surface area contributed by atoms with E-state index in [4.69, 9.17) is 4.74 Å². The summed E-state index contributed by atoms with van der Waals surface area (Å²) in [5.41, 5.74) is 9.58. The molecule has 4 rings (SSSR count). The smallest absolute Gasteiger partial charge is 0.338 e. The van der Waals surface area contributed by atoms with E-state index in [9.17, 15) is 9.18 Å². The van der Waals surface area contributed by atoms with Gasteiger partial charge in [-0.15, -0.1) is 0 Å². The highest BCUT2D eigenvalue weighted by Gasteiger charge is 2.22. The highest BCUT2D eigenvalue weighted by Crippen LogP contribution is 2.17. The zero-order chi connectivity index (χ0) is 19.0. The number of nitrogens with zero attached hydrogens (tertiary/aromatic N) is 2. The summed E-state index contributed by atoms with van der Waals surface area (Å²) in [5.74, 6) is -0.691. The first kappa shape index (κ1) is 17.6. The van der Waals surface area contributed by atoms with Gasteiger partial charge in [0.25, 0.3) is 0 Å². The maximum atomic E-state index is 13.8. The molecule has 2 aromatic rings. The van der Waals surface area contributed by atoms with Gasteiger partial charge in [-0.25, -0.2) is 4.79 Å². The highest BCUT2D eigenvalue weighted by atomic mass is 19.1. The topological polar surface area (TPSA) is 34.5 Å². The Labute approximate surface area is 157 Å². The Kier molecular flexibility index (Phi) is 4.59. The quantitative estimate of drug-likeness (QED) is 0.614. The zero-order valence-electron chi connectivity index (χ0n) is 15.5. The van der Waals surface area contributed by atoms with Crippen LogP contribution in [0.25, 0.3) is 11.8 Å². The maximum Gasteiger partial charge on any atom is 0.338 e. The first-order valence-electron chi connectivity index (χ1n) is 9.15. The number of aromatic nitrogens is 1. The molecule has 4 nitrogen and oxygen atoms in total. The van der Waals surface area contributed by atoms with Crippen LogP contribution in [0.4, 0.5) is 4.39 Å². The predicted molar refractivity (Wildman–Crippen MR) is 101 cm³/mol. The third-order valence-corrected chi connectivity index (χ3v) is 5.06. The molecule has 1 aliphatic heterocycles. The monoisotopic (exact) mass is 364 g/mol. The second-order valence-corrected chi connectivity index (χ2v) is 6.92. The highest BCUT2D eigenvalue weighted by molar-refractivity contribution is 5.89. The van der Waals surface area contributed by atoms with Crippen LogP contribution in [0, 0.1) is 0 Å². The van der Waals surface area contributed by atoms with Crippen LogP contribution in [-0.2, 0) is 24.2 Å². The molecule has 0 saturated heterocycles.